The fraction of sp³-hybridized carbons (Fsp3) is 0. The molecule has 0 atom stereocenters. The summed E-state index contributed by atoms with van der Waals surface area (Å²) in [5.74, 6) is 0.0985. The van der Waals surface area contributed by atoms with E-state index in [9.17, 15) is 9.18 Å². The number of amides is 1. The standard InChI is InChI=1S/C18H11FN4OS/c19-12-4-6-13(7-5-12)22-17-15(25-18(24)23-17)10-11-2-1-3-14-16(11)21-9-8-20-14/h1-10H,(H,22,23,24). The molecule has 1 aromatic heterocycles. The van der Waals surface area contributed by atoms with Crippen molar-refractivity contribution in [3.05, 3.63) is 71.1 Å². The van der Waals surface area contributed by atoms with Crippen LogP contribution in [0.3, 0.4) is 0 Å². The Labute approximate surface area is 146 Å². The molecule has 1 aliphatic heterocycles. The highest BCUT2D eigenvalue weighted by Crippen LogP contribution is 2.29. The van der Waals surface area contributed by atoms with Gasteiger partial charge in [-0.15, -0.1) is 0 Å². The molecule has 1 saturated heterocycles. The van der Waals surface area contributed by atoms with Crippen molar-refractivity contribution in [3.63, 3.8) is 0 Å². The number of aliphatic imine (C=N–C) groups is 1. The number of hydrogen-bond acceptors (Lipinski definition) is 5. The van der Waals surface area contributed by atoms with Crippen molar-refractivity contribution in [1.82, 2.24) is 15.3 Å². The van der Waals surface area contributed by atoms with E-state index in [4.69, 9.17) is 0 Å². The molecule has 0 unspecified atom stereocenters. The van der Waals surface area contributed by atoms with Gasteiger partial charge < -0.3 is 5.32 Å². The number of fused-ring (bicyclic) bond motifs is 1. The van der Waals surface area contributed by atoms with Crippen LogP contribution < -0.4 is 5.32 Å². The lowest BCUT2D eigenvalue weighted by atomic mass is 10.1. The maximum absolute atomic E-state index is 13.0. The first-order valence-electron chi connectivity index (χ1n) is 7.44. The van der Waals surface area contributed by atoms with Crippen molar-refractivity contribution in [1.29, 1.82) is 0 Å². The zero-order valence-electron chi connectivity index (χ0n) is 12.8. The first-order chi connectivity index (χ1) is 12.2. The number of nitrogens with one attached hydrogen (secondary N) is 1. The minimum Gasteiger partial charge on any atom is -0.300 e. The summed E-state index contributed by atoms with van der Waals surface area (Å²) in [7, 11) is 0. The van der Waals surface area contributed by atoms with Crippen LogP contribution in [-0.4, -0.2) is 21.0 Å². The van der Waals surface area contributed by atoms with Gasteiger partial charge in [0.25, 0.3) is 5.24 Å². The Bertz CT molecular complexity index is 1030. The maximum Gasteiger partial charge on any atom is 0.289 e. The number of carbonyl (C=O) groups excluding carboxylic acids is 1. The summed E-state index contributed by atoms with van der Waals surface area (Å²) < 4.78 is 13.0. The third kappa shape index (κ3) is 3.27. The first-order valence-corrected chi connectivity index (χ1v) is 8.25. The highest BCUT2D eigenvalue weighted by atomic mass is 32.2. The molecule has 0 spiro atoms. The van der Waals surface area contributed by atoms with E-state index in [1.165, 1.54) is 12.1 Å². The molecule has 1 amide bonds. The van der Waals surface area contributed by atoms with Crippen LogP contribution in [0.1, 0.15) is 5.56 Å². The van der Waals surface area contributed by atoms with Gasteiger partial charge in [-0.3, -0.25) is 14.8 Å². The van der Waals surface area contributed by atoms with Crippen LogP contribution in [0, 0.1) is 5.82 Å². The van der Waals surface area contributed by atoms with E-state index in [0.29, 0.717) is 16.4 Å². The predicted molar refractivity (Wildman–Crippen MR) is 97.1 cm³/mol. The van der Waals surface area contributed by atoms with Gasteiger partial charge in [-0.05, 0) is 48.2 Å². The van der Waals surface area contributed by atoms with Crippen molar-refractivity contribution < 1.29 is 9.18 Å². The zero-order chi connectivity index (χ0) is 17.2. The summed E-state index contributed by atoms with van der Waals surface area (Å²) in [4.78, 5) is 25.5. The van der Waals surface area contributed by atoms with Gasteiger partial charge in [0.05, 0.1) is 21.6 Å². The molecule has 7 heteroatoms. The van der Waals surface area contributed by atoms with E-state index in [-0.39, 0.29) is 11.1 Å². The van der Waals surface area contributed by atoms with Crippen LogP contribution in [0.5, 0.6) is 0 Å². The second kappa shape index (κ2) is 6.45. The minimum atomic E-state index is -0.334. The molecule has 2 aromatic carbocycles. The Kier molecular flexibility index (Phi) is 3.99. The summed E-state index contributed by atoms with van der Waals surface area (Å²) >= 11 is 1.06. The van der Waals surface area contributed by atoms with Gasteiger partial charge in [0.2, 0.25) is 0 Å². The monoisotopic (exact) mass is 350 g/mol. The predicted octanol–water partition coefficient (Wildman–Crippen LogP) is 4.30. The molecular weight excluding hydrogens is 339 g/mol. The van der Waals surface area contributed by atoms with E-state index in [0.717, 1.165) is 28.4 Å². The molecule has 4 rings (SSSR count). The van der Waals surface area contributed by atoms with Gasteiger partial charge in [0, 0.05) is 18.0 Å². The second-order valence-corrected chi connectivity index (χ2v) is 6.25. The minimum absolute atomic E-state index is 0.210. The summed E-state index contributed by atoms with van der Waals surface area (Å²) in [5, 5.41) is 2.50. The van der Waals surface area contributed by atoms with Crippen LogP contribution in [0.4, 0.5) is 14.9 Å². The maximum atomic E-state index is 13.0. The number of para-hydroxylation sites is 1. The summed E-state index contributed by atoms with van der Waals surface area (Å²) in [6.45, 7) is 0. The van der Waals surface area contributed by atoms with Gasteiger partial charge in [0.15, 0.2) is 0 Å². The molecule has 1 fully saturated rings. The SMILES string of the molecule is O=C1NC(=Nc2ccc(F)cc2)C(=Cc2cccc3nccnc23)S1. The second-order valence-electron chi connectivity index (χ2n) is 5.23. The van der Waals surface area contributed by atoms with E-state index < -0.39 is 0 Å². The Morgan fingerprint density at radius 2 is 1.88 bits per heavy atom. The number of benzene rings is 2. The number of thioether (sulfide) groups is 1. The molecule has 0 radical (unpaired) electrons. The van der Waals surface area contributed by atoms with Gasteiger partial charge in [-0.25, -0.2) is 9.38 Å². The van der Waals surface area contributed by atoms with E-state index in [1.54, 1.807) is 24.5 Å². The van der Waals surface area contributed by atoms with Crippen molar-refractivity contribution in [3.8, 4) is 0 Å². The first kappa shape index (κ1) is 15.5. The summed E-state index contributed by atoms with van der Waals surface area (Å²) in [5.41, 5.74) is 2.92. The quantitative estimate of drug-likeness (QED) is 0.748. The molecule has 25 heavy (non-hydrogen) atoms. The Balaban J connectivity index is 1.77. The third-order valence-electron chi connectivity index (χ3n) is 3.54. The number of amidine groups is 1. The van der Waals surface area contributed by atoms with Crippen LogP contribution in [-0.2, 0) is 0 Å². The fourth-order valence-electron chi connectivity index (χ4n) is 2.43. The van der Waals surface area contributed by atoms with Crippen LogP contribution >= 0.6 is 11.8 Å². The highest BCUT2D eigenvalue weighted by Gasteiger charge is 2.23. The molecule has 1 aliphatic rings. The van der Waals surface area contributed by atoms with Crippen molar-refractivity contribution >= 4 is 45.6 Å². The molecule has 0 bridgehead atoms. The van der Waals surface area contributed by atoms with Crippen molar-refractivity contribution in [2.75, 3.05) is 0 Å². The molecule has 1 N–H and O–H groups in total. The van der Waals surface area contributed by atoms with Gasteiger partial charge in [-0.2, -0.15) is 0 Å². The number of halogens is 1. The third-order valence-corrected chi connectivity index (χ3v) is 4.36. The summed E-state index contributed by atoms with van der Waals surface area (Å²) in [6.07, 6.45) is 5.11. The van der Waals surface area contributed by atoms with Gasteiger partial charge in [-0.1, -0.05) is 12.1 Å². The van der Waals surface area contributed by atoms with Crippen LogP contribution in [0.25, 0.3) is 17.1 Å². The smallest absolute Gasteiger partial charge is 0.289 e. The van der Waals surface area contributed by atoms with Gasteiger partial charge >= 0.3 is 0 Å². The molecule has 2 heterocycles. The molecular formula is C18H11FN4OS. The summed E-state index contributed by atoms with van der Waals surface area (Å²) in [6, 6.07) is 11.4. The number of hydrogen-bond donors (Lipinski definition) is 1. The number of nitrogens with zero attached hydrogens (tertiary/aromatic N) is 3. The van der Waals surface area contributed by atoms with Gasteiger partial charge in [0.1, 0.15) is 11.7 Å². The Morgan fingerprint density at radius 1 is 1.08 bits per heavy atom. The lowest BCUT2D eigenvalue weighted by Crippen LogP contribution is -2.18. The van der Waals surface area contributed by atoms with E-state index in [1.807, 2.05) is 24.3 Å². The molecule has 122 valence electrons. The largest absolute Gasteiger partial charge is 0.300 e. The average Bonchev–Trinajstić information content (AvgIpc) is 2.96. The number of carbonyl (C=O) groups is 1. The van der Waals surface area contributed by atoms with Crippen molar-refractivity contribution in [2.24, 2.45) is 4.99 Å². The molecule has 0 aliphatic carbocycles. The lowest BCUT2D eigenvalue weighted by Gasteiger charge is -2.02. The van der Waals surface area contributed by atoms with Crippen molar-refractivity contribution in [2.45, 2.75) is 0 Å². The van der Waals surface area contributed by atoms with E-state index in [2.05, 4.69) is 20.3 Å². The number of rotatable bonds is 2. The Morgan fingerprint density at radius 3 is 2.72 bits per heavy atom. The zero-order valence-corrected chi connectivity index (χ0v) is 13.6. The fourth-order valence-corrected chi connectivity index (χ4v) is 3.16. The normalized spacial score (nSPS) is 17.4. The number of aromatic nitrogens is 2. The average molecular weight is 350 g/mol. The molecule has 5 nitrogen and oxygen atoms in total. The Hall–Kier alpha value is -3.06. The highest BCUT2D eigenvalue weighted by molar-refractivity contribution is 8.18. The molecule has 3 aromatic rings. The topological polar surface area (TPSA) is 67.2 Å². The molecule has 0 saturated carbocycles. The van der Waals surface area contributed by atoms with Crippen LogP contribution in [0.2, 0.25) is 0 Å². The lowest BCUT2D eigenvalue weighted by molar-refractivity contribution is 0.265. The van der Waals surface area contributed by atoms with Crippen LogP contribution in [0.15, 0.2) is 64.8 Å². The van der Waals surface area contributed by atoms with E-state index >= 15 is 0 Å².